The molecule has 106 valence electrons. The maximum Gasteiger partial charge on any atom is 0.123 e. The first-order chi connectivity index (χ1) is 9.49. The molecule has 20 heavy (non-hydrogen) atoms. The number of hydrogen-bond donors (Lipinski definition) is 1. The Morgan fingerprint density at radius 3 is 2.55 bits per heavy atom. The van der Waals surface area contributed by atoms with Crippen LogP contribution in [-0.2, 0) is 6.61 Å². The van der Waals surface area contributed by atoms with Crippen molar-refractivity contribution in [2.45, 2.75) is 33.3 Å². The first kappa shape index (κ1) is 14.9. The number of ether oxygens (including phenoxy) is 1. The first-order valence-corrected chi connectivity index (χ1v) is 7.54. The molecule has 0 spiro atoms. The summed E-state index contributed by atoms with van der Waals surface area (Å²) in [6.07, 6.45) is 0. The lowest BCUT2D eigenvalue weighted by Crippen LogP contribution is -2.03. The van der Waals surface area contributed by atoms with Gasteiger partial charge in [0, 0.05) is 15.7 Å². The second-order valence-electron chi connectivity index (χ2n) is 5.28. The molecule has 0 radical (unpaired) electrons. The summed E-state index contributed by atoms with van der Waals surface area (Å²) < 4.78 is 7.08. The molecule has 0 atom stereocenters. The maximum atomic E-state index is 6.02. The van der Waals surface area contributed by atoms with Crippen molar-refractivity contribution >= 4 is 21.6 Å². The Balaban J connectivity index is 2.25. The molecule has 0 bridgehead atoms. The summed E-state index contributed by atoms with van der Waals surface area (Å²) in [5.74, 6) is 1.30. The van der Waals surface area contributed by atoms with Crippen molar-refractivity contribution in [2.75, 3.05) is 5.73 Å². The molecule has 2 aromatic carbocycles. The molecule has 2 N–H and O–H groups in total. The lowest BCUT2D eigenvalue weighted by molar-refractivity contribution is 0.301. The average Bonchev–Trinajstić information content (AvgIpc) is 2.41. The third-order valence-corrected chi connectivity index (χ3v) is 4.14. The van der Waals surface area contributed by atoms with Gasteiger partial charge in [-0.15, -0.1) is 0 Å². The van der Waals surface area contributed by atoms with Crippen LogP contribution in [0.5, 0.6) is 5.75 Å². The van der Waals surface area contributed by atoms with Gasteiger partial charge in [0.2, 0.25) is 0 Å². The number of aryl methyl sites for hydroxylation is 1. The van der Waals surface area contributed by atoms with E-state index >= 15 is 0 Å². The molecule has 3 heteroatoms. The van der Waals surface area contributed by atoms with E-state index in [0.717, 1.165) is 32.6 Å². The van der Waals surface area contributed by atoms with Crippen LogP contribution in [0.2, 0.25) is 0 Å². The second-order valence-corrected chi connectivity index (χ2v) is 6.14. The lowest BCUT2D eigenvalue weighted by Gasteiger charge is -2.17. The van der Waals surface area contributed by atoms with Gasteiger partial charge < -0.3 is 10.5 Å². The van der Waals surface area contributed by atoms with E-state index in [4.69, 9.17) is 10.5 Å². The van der Waals surface area contributed by atoms with Crippen molar-refractivity contribution in [2.24, 2.45) is 0 Å². The smallest absolute Gasteiger partial charge is 0.123 e. The predicted molar refractivity (Wildman–Crippen MR) is 88.2 cm³/mol. The van der Waals surface area contributed by atoms with Gasteiger partial charge in [0.25, 0.3) is 0 Å². The van der Waals surface area contributed by atoms with Crippen molar-refractivity contribution < 1.29 is 4.74 Å². The molecule has 2 nitrogen and oxygen atoms in total. The zero-order valence-electron chi connectivity index (χ0n) is 12.1. The summed E-state index contributed by atoms with van der Waals surface area (Å²) in [6.45, 7) is 6.85. The van der Waals surface area contributed by atoms with Crippen molar-refractivity contribution in [3.8, 4) is 5.75 Å². The van der Waals surface area contributed by atoms with E-state index in [1.54, 1.807) is 0 Å². The maximum absolute atomic E-state index is 6.02. The zero-order chi connectivity index (χ0) is 14.7. The first-order valence-electron chi connectivity index (χ1n) is 6.75. The molecule has 0 amide bonds. The van der Waals surface area contributed by atoms with Crippen molar-refractivity contribution in [1.82, 2.24) is 0 Å². The van der Waals surface area contributed by atoms with E-state index < -0.39 is 0 Å². The Bertz CT molecular complexity index is 608. The van der Waals surface area contributed by atoms with Gasteiger partial charge in [0.1, 0.15) is 12.4 Å². The number of anilines is 1. The lowest BCUT2D eigenvalue weighted by atomic mass is 9.99. The topological polar surface area (TPSA) is 35.2 Å². The third-order valence-electron chi connectivity index (χ3n) is 3.36. The molecule has 2 rings (SSSR count). The highest BCUT2D eigenvalue weighted by Gasteiger charge is 2.11. The van der Waals surface area contributed by atoms with Crippen LogP contribution in [0.15, 0.2) is 40.9 Å². The molecule has 0 unspecified atom stereocenters. The van der Waals surface area contributed by atoms with E-state index in [1.165, 1.54) is 0 Å². The largest absolute Gasteiger partial charge is 0.489 e. The Morgan fingerprint density at radius 1 is 1.20 bits per heavy atom. The van der Waals surface area contributed by atoms with Gasteiger partial charge >= 0.3 is 0 Å². The molecule has 2 aromatic rings. The second kappa shape index (κ2) is 6.31. The molecular weight excluding hydrogens is 314 g/mol. The summed E-state index contributed by atoms with van der Waals surface area (Å²) in [4.78, 5) is 0. The number of halogens is 1. The number of rotatable bonds is 4. The molecular formula is C17H20BrNO. The fourth-order valence-corrected chi connectivity index (χ4v) is 2.46. The molecule has 0 saturated heterocycles. The Labute approximate surface area is 129 Å². The Kier molecular flexibility index (Phi) is 4.71. The van der Waals surface area contributed by atoms with E-state index in [1.807, 2.05) is 37.3 Å². The van der Waals surface area contributed by atoms with Crippen LogP contribution >= 0.6 is 15.9 Å². The Hall–Kier alpha value is -1.48. The predicted octanol–water partition coefficient (Wildman–Crippen LogP) is 5.04. The van der Waals surface area contributed by atoms with E-state index in [0.29, 0.717) is 12.5 Å². The van der Waals surface area contributed by atoms with Crippen LogP contribution in [0.1, 0.15) is 36.5 Å². The highest BCUT2D eigenvalue weighted by Crippen LogP contribution is 2.32. The van der Waals surface area contributed by atoms with Gasteiger partial charge in [0.15, 0.2) is 0 Å². The minimum Gasteiger partial charge on any atom is -0.489 e. The SMILES string of the molecule is Cc1cc(OCc2ccccc2Br)c(C(C)C)cc1N. The van der Waals surface area contributed by atoms with Crippen LogP contribution in [0.25, 0.3) is 0 Å². The summed E-state index contributed by atoms with van der Waals surface area (Å²) >= 11 is 3.54. The summed E-state index contributed by atoms with van der Waals surface area (Å²) in [6, 6.07) is 12.2. The van der Waals surface area contributed by atoms with Crippen LogP contribution in [0.3, 0.4) is 0 Å². The standard InChI is InChI=1S/C17H20BrNO/c1-11(2)14-9-16(19)12(3)8-17(14)20-10-13-6-4-5-7-15(13)18/h4-9,11H,10,19H2,1-3H3. The highest BCUT2D eigenvalue weighted by atomic mass is 79.9. The fourth-order valence-electron chi connectivity index (χ4n) is 2.06. The Morgan fingerprint density at radius 2 is 1.90 bits per heavy atom. The molecule has 0 aromatic heterocycles. The van der Waals surface area contributed by atoms with Gasteiger partial charge in [-0.1, -0.05) is 48.0 Å². The van der Waals surface area contributed by atoms with Crippen LogP contribution in [0, 0.1) is 6.92 Å². The van der Waals surface area contributed by atoms with Crippen LogP contribution in [0.4, 0.5) is 5.69 Å². The summed E-state index contributed by atoms with van der Waals surface area (Å²) in [7, 11) is 0. The monoisotopic (exact) mass is 333 g/mol. The number of benzene rings is 2. The van der Waals surface area contributed by atoms with Crippen LogP contribution in [-0.4, -0.2) is 0 Å². The molecule has 0 aliphatic heterocycles. The number of hydrogen-bond acceptors (Lipinski definition) is 2. The molecule has 0 heterocycles. The quantitative estimate of drug-likeness (QED) is 0.795. The van der Waals surface area contributed by atoms with Crippen LogP contribution < -0.4 is 10.5 Å². The molecule has 0 fully saturated rings. The van der Waals surface area contributed by atoms with Gasteiger partial charge in [-0.3, -0.25) is 0 Å². The van der Waals surface area contributed by atoms with Crippen molar-refractivity contribution in [3.63, 3.8) is 0 Å². The van der Waals surface area contributed by atoms with Crippen molar-refractivity contribution in [1.29, 1.82) is 0 Å². The van der Waals surface area contributed by atoms with Gasteiger partial charge in [0.05, 0.1) is 0 Å². The minimum atomic E-state index is 0.382. The third kappa shape index (κ3) is 3.34. The van der Waals surface area contributed by atoms with Gasteiger partial charge in [-0.2, -0.15) is 0 Å². The summed E-state index contributed by atoms with van der Waals surface area (Å²) in [5, 5.41) is 0. The fraction of sp³-hybridized carbons (Fsp3) is 0.294. The van der Waals surface area contributed by atoms with E-state index in [-0.39, 0.29) is 0 Å². The van der Waals surface area contributed by atoms with E-state index in [9.17, 15) is 0 Å². The van der Waals surface area contributed by atoms with Gasteiger partial charge in [-0.05, 0) is 42.2 Å². The zero-order valence-corrected chi connectivity index (χ0v) is 13.7. The molecule has 0 aliphatic carbocycles. The van der Waals surface area contributed by atoms with E-state index in [2.05, 4.69) is 35.8 Å². The normalized spacial score (nSPS) is 10.8. The molecule has 0 saturated carbocycles. The average molecular weight is 334 g/mol. The van der Waals surface area contributed by atoms with Crippen molar-refractivity contribution in [3.05, 3.63) is 57.6 Å². The minimum absolute atomic E-state index is 0.382. The highest BCUT2D eigenvalue weighted by molar-refractivity contribution is 9.10. The number of nitrogens with two attached hydrogens (primary N) is 1. The molecule has 0 aliphatic rings. The van der Waals surface area contributed by atoms with Gasteiger partial charge in [-0.25, -0.2) is 0 Å². The number of nitrogen functional groups attached to an aromatic ring is 1. The summed E-state index contributed by atoms with van der Waals surface area (Å²) in [5.41, 5.74) is 10.2.